The van der Waals surface area contributed by atoms with Crippen LogP contribution in [0.3, 0.4) is 0 Å². The summed E-state index contributed by atoms with van der Waals surface area (Å²) in [6.45, 7) is 0. The van der Waals surface area contributed by atoms with Crippen molar-refractivity contribution >= 4 is 16.4 Å². The van der Waals surface area contributed by atoms with E-state index in [1.54, 1.807) is 6.20 Å². The lowest BCUT2D eigenvalue weighted by Crippen LogP contribution is -2.28. The van der Waals surface area contributed by atoms with Gasteiger partial charge in [-0.15, -0.1) is 0 Å². The summed E-state index contributed by atoms with van der Waals surface area (Å²) in [6.07, 6.45) is 1.68. The SMILES string of the molecule is Nn1cc(-c2ccccc2)n2c(cc3ccccc32)c1=O. The smallest absolute Gasteiger partial charge is 0.292 e. The van der Waals surface area contributed by atoms with Gasteiger partial charge in [0.15, 0.2) is 0 Å². The van der Waals surface area contributed by atoms with Crippen molar-refractivity contribution in [3.05, 3.63) is 77.2 Å². The van der Waals surface area contributed by atoms with Crippen LogP contribution in [0.15, 0.2) is 71.7 Å². The number of para-hydroxylation sites is 1. The van der Waals surface area contributed by atoms with Crippen LogP contribution in [0.25, 0.3) is 27.7 Å². The van der Waals surface area contributed by atoms with Crippen molar-refractivity contribution in [2.75, 3.05) is 5.84 Å². The highest BCUT2D eigenvalue weighted by Crippen LogP contribution is 2.25. The van der Waals surface area contributed by atoms with Crippen molar-refractivity contribution in [1.29, 1.82) is 0 Å². The van der Waals surface area contributed by atoms with Gasteiger partial charge in [-0.3, -0.25) is 4.79 Å². The van der Waals surface area contributed by atoms with E-state index in [0.717, 1.165) is 26.8 Å². The van der Waals surface area contributed by atoms with Crippen LogP contribution in [0.4, 0.5) is 0 Å². The molecule has 0 aliphatic carbocycles. The lowest BCUT2D eigenvalue weighted by Gasteiger charge is -2.09. The van der Waals surface area contributed by atoms with E-state index in [1.165, 1.54) is 0 Å². The summed E-state index contributed by atoms with van der Waals surface area (Å²) in [5, 5.41) is 1.03. The van der Waals surface area contributed by atoms with Crippen LogP contribution >= 0.6 is 0 Å². The van der Waals surface area contributed by atoms with Crippen LogP contribution in [0.5, 0.6) is 0 Å². The normalized spacial score (nSPS) is 11.2. The van der Waals surface area contributed by atoms with Gasteiger partial charge in [0.1, 0.15) is 5.52 Å². The standard InChI is InChI=1S/C17H13N3O/c18-19-11-16(12-6-2-1-3-7-12)20-14-9-5-4-8-13(14)10-15(20)17(19)21/h1-11H,18H2. The van der Waals surface area contributed by atoms with Gasteiger partial charge in [0, 0.05) is 10.9 Å². The Bertz CT molecular complexity index is 1010. The van der Waals surface area contributed by atoms with E-state index in [2.05, 4.69) is 0 Å². The first-order chi connectivity index (χ1) is 10.3. The number of nitrogen functional groups attached to an aromatic ring is 1. The Hall–Kier alpha value is -3.01. The predicted octanol–water partition coefficient (Wildman–Crippen LogP) is 2.64. The molecule has 0 aliphatic heterocycles. The summed E-state index contributed by atoms with van der Waals surface area (Å²) in [4.78, 5) is 12.3. The summed E-state index contributed by atoms with van der Waals surface area (Å²) in [6, 6.07) is 19.7. The second-order valence-electron chi connectivity index (χ2n) is 5.02. The van der Waals surface area contributed by atoms with Gasteiger partial charge in [0.05, 0.1) is 17.4 Å². The molecule has 0 saturated heterocycles. The fourth-order valence-corrected chi connectivity index (χ4v) is 2.76. The molecule has 0 fully saturated rings. The maximum absolute atomic E-state index is 12.3. The van der Waals surface area contributed by atoms with Crippen molar-refractivity contribution in [2.24, 2.45) is 0 Å². The van der Waals surface area contributed by atoms with Gasteiger partial charge in [-0.25, -0.2) is 4.68 Å². The molecular formula is C17H13N3O. The van der Waals surface area contributed by atoms with Crippen LogP contribution in [-0.4, -0.2) is 9.08 Å². The molecule has 102 valence electrons. The molecular weight excluding hydrogens is 262 g/mol. The Labute approximate surface area is 120 Å². The molecule has 4 nitrogen and oxygen atoms in total. The number of hydrogen-bond donors (Lipinski definition) is 1. The maximum Gasteiger partial charge on any atom is 0.292 e. The highest BCUT2D eigenvalue weighted by Gasteiger charge is 2.12. The van der Waals surface area contributed by atoms with Crippen molar-refractivity contribution in [3.63, 3.8) is 0 Å². The van der Waals surface area contributed by atoms with Crippen LogP contribution < -0.4 is 11.4 Å². The number of fused-ring (bicyclic) bond motifs is 3. The summed E-state index contributed by atoms with van der Waals surface area (Å²) in [7, 11) is 0. The highest BCUT2D eigenvalue weighted by molar-refractivity contribution is 5.89. The molecule has 2 N–H and O–H groups in total. The Morgan fingerprint density at radius 1 is 0.857 bits per heavy atom. The lowest BCUT2D eigenvalue weighted by atomic mass is 10.1. The number of nitrogens with zero attached hydrogens (tertiary/aromatic N) is 2. The second-order valence-corrected chi connectivity index (χ2v) is 5.02. The first-order valence-electron chi connectivity index (χ1n) is 6.72. The van der Waals surface area contributed by atoms with Gasteiger partial charge in [0.2, 0.25) is 0 Å². The number of nitrogens with two attached hydrogens (primary N) is 1. The van der Waals surface area contributed by atoms with Crippen molar-refractivity contribution in [1.82, 2.24) is 9.08 Å². The van der Waals surface area contributed by atoms with E-state index >= 15 is 0 Å². The van der Waals surface area contributed by atoms with Crippen molar-refractivity contribution in [2.45, 2.75) is 0 Å². The molecule has 0 bridgehead atoms. The molecule has 4 rings (SSSR count). The third-order valence-electron chi connectivity index (χ3n) is 3.74. The van der Waals surface area contributed by atoms with E-state index in [-0.39, 0.29) is 5.56 Å². The van der Waals surface area contributed by atoms with E-state index in [0.29, 0.717) is 5.52 Å². The summed E-state index contributed by atoms with van der Waals surface area (Å²) < 4.78 is 3.12. The number of aromatic nitrogens is 2. The zero-order valence-corrected chi connectivity index (χ0v) is 11.2. The maximum atomic E-state index is 12.3. The van der Waals surface area contributed by atoms with Gasteiger partial charge in [-0.05, 0) is 12.1 Å². The van der Waals surface area contributed by atoms with Crippen LogP contribution in [0.2, 0.25) is 0 Å². The minimum absolute atomic E-state index is 0.203. The molecule has 0 atom stereocenters. The number of benzene rings is 2. The van der Waals surface area contributed by atoms with E-state index in [4.69, 9.17) is 5.84 Å². The highest BCUT2D eigenvalue weighted by atomic mass is 16.1. The molecule has 0 amide bonds. The fourth-order valence-electron chi connectivity index (χ4n) is 2.76. The Morgan fingerprint density at radius 3 is 2.38 bits per heavy atom. The van der Waals surface area contributed by atoms with Crippen LogP contribution in [0, 0.1) is 0 Å². The first-order valence-corrected chi connectivity index (χ1v) is 6.72. The Balaban J connectivity index is 2.25. The molecule has 0 spiro atoms. The molecule has 4 aromatic rings. The third kappa shape index (κ3) is 1.66. The van der Waals surface area contributed by atoms with Gasteiger partial charge < -0.3 is 10.2 Å². The van der Waals surface area contributed by atoms with Crippen LogP contribution in [0.1, 0.15) is 0 Å². The zero-order chi connectivity index (χ0) is 14.4. The molecule has 0 aliphatic rings. The van der Waals surface area contributed by atoms with Gasteiger partial charge in [0.25, 0.3) is 5.56 Å². The summed E-state index contributed by atoms with van der Waals surface area (Å²) in [5.74, 6) is 5.84. The average Bonchev–Trinajstić information content (AvgIpc) is 2.91. The molecule has 2 aromatic carbocycles. The monoisotopic (exact) mass is 275 g/mol. The van der Waals surface area contributed by atoms with Gasteiger partial charge in [-0.2, -0.15) is 0 Å². The fraction of sp³-hybridized carbons (Fsp3) is 0. The van der Waals surface area contributed by atoms with E-state index < -0.39 is 0 Å². The molecule has 4 heteroatoms. The zero-order valence-electron chi connectivity index (χ0n) is 11.2. The Morgan fingerprint density at radius 2 is 1.57 bits per heavy atom. The minimum atomic E-state index is -0.203. The number of hydrogen-bond acceptors (Lipinski definition) is 2. The minimum Gasteiger partial charge on any atom is -0.336 e. The van der Waals surface area contributed by atoms with Crippen LogP contribution in [-0.2, 0) is 0 Å². The second kappa shape index (κ2) is 4.24. The van der Waals surface area contributed by atoms with Crippen molar-refractivity contribution < 1.29 is 0 Å². The van der Waals surface area contributed by atoms with E-state index in [9.17, 15) is 4.79 Å². The van der Waals surface area contributed by atoms with Gasteiger partial charge >= 0.3 is 0 Å². The molecule has 0 saturated carbocycles. The molecule has 2 heterocycles. The van der Waals surface area contributed by atoms with E-state index in [1.807, 2.05) is 65.1 Å². The lowest BCUT2D eigenvalue weighted by molar-refractivity contribution is 0.923. The average molecular weight is 275 g/mol. The first kappa shape index (κ1) is 11.8. The molecule has 0 unspecified atom stereocenters. The summed E-state index contributed by atoms with van der Waals surface area (Å²) in [5.41, 5.74) is 3.30. The molecule has 0 radical (unpaired) electrons. The quantitative estimate of drug-likeness (QED) is 0.543. The van der Waals surface area contributed by atoms with Crippen molar-refractivity contribution in [3.8, 4) is 11.3 Å². The predicted molar refractivity (Wildman–Crippen MR) is 84.7 cm³/mol. The molecule has 2 aromatic heterocycles. The topological polar surface area (TPSA) is 52.4 Å². The summed E-state index contributed by atoms with van der Waals surface area (Å²) >= 11 is 0. The largest absolute Gasteiger partial charge is 0.336 e. The van der Waals surface area contributed by atoms with Gasteiger partial charge in [-0.1, -0.05) is 48.5 Å². The number of rotatable bonds is 1. The third-order valence-corrected chi connectivity index (χ3v) is 3.74. The molecule has 21 heavy (non-hydrogen) atoms. The Kier molecular flexibility index (Phi) is 2.38.